The maximum Gasteiger partial charge on any atom is 0.266 e. The lowest BCUT2D eigenvalue weighted by Gasteiger charge is -2.13. The number of halogens is 1. The van der Waals surface area contributed by atoms with Gasteiger partial charge in [0.15, 0.2) is 0 Å². The summed E-state index contributed by atoms with van der Waals surface area (Å²) in [5, 5.41) is 3.36. The molecule has 0 bridgehead atoms. The standard InChI is InChI=1S/C29H20FN3O2/c30-22-16-13-20(14-17-22)15-18-27-32-26-12-5-4-11-25(26)29(35)33(27)24-10-6-9-23(19-24)31-28(34)21-7-2-1-3-8-21/h1-19H,(H,31,34)/b18-15+. The van der Waals surface area contributed by atoms with Crippen molar-refractivity contribution in [2.45, 2.75) is 0 Å². The molecule has 0 fully saturated rings. The molecule has 0 radical (unpaired) electrons. The summed E-state index contributed by atoms with van der Waals surface area (Å²) in [6.45, 7) is 0. The Morgan fingerprint density at radius 2 is 1.57 bits per heavy atom. The van der Waals surface area contributed by atoms with Gasteiger partial charge in [0, 0.05) is 11.3 Å². The summed E-state index contributed by atoms with van der Waals surface area (Å²) < 4.78 is 14.8. The van der Waals surface area contributed by atoms with Gasteiger partial charge in [-0.3, -0.25) is 14.2 Å². The molecular weight excluding hydrogens is 441 g/mol. The van der Waals surface area contributed by atoms with E-state index >= 15 is 0 Å². The van der Waals surface area contributed by atoms with Crippen molar-refractivity contribution in [2.24, 2.45) is 0 Å². The Bertz CT molecular complexity index is 1610. The van der Waals surface area contributed by atoms with Crippen LogP contribution in [-0.4, -0.2) is 15.5 Å². The van der Waals surface area contributed by atoms with Gasteiger partial charge in [-0.15, -0.1) is 0 Å². The Kier molecular flexibility index (Phi) is 6.01. The van der Waals surface area contributed by atoms with Gasteiger partial charge in [-0.1, -0.05) is 54.6 Å². The molecule has 5 nitrogen and oxygen atoms in total. The van der Waals surface area contributed by atoms with Gasteiger partial charge >= 0.3 is 0 Å². The number of rotatable bonds is 5. The molecule has 0 atom stereocenters. The Labute approximate surface area is 200 Å². The number of benzene rings is 4. The summed E-state index contributed by atoms with van der Waals surface area (Å²) in [6.07, 6.45) is 3.49. The average Bonchev–Trinajstić information content (AvgIpc) is 2.89. The summed E-state index contributed by atoms with van der Waals surface area (Å²) in [7, 11) is 0. The van der Waals surface area contributed by atoms with E-state index in [1.54, 1.807) is 91.0 Å². The largest absolute Gasteiger partial charge is 0.322 e. The maximum absolute atomic E-state index is 13.5. The van der Waals surface area contributed by atoms with Crippen molar-refractivity contribution in [1.29, 1.82) is 0 Å². The number of amides is 1. The summed E-state index contributed by atoms with van der Waals surface area (Å²) in [5.74, 6) is -0.162. The predicted molar refractivity (Wildman–Crippen MR) is 137 cm³/mol. The van der Waals surface area contributed by atoms with E-state index in [2.05, 4.69) is 5.32 Å². The number of hydrogen-bond acceptors (Lipinski definition) is 3. The molecule has 0 aliphatic carbocycles. The van der Waals surface area contributed by atoms with E-state index in [0.29, 0.717) is 33.7 Å². The van der Waals surface area contributed by atoms with Gasteiger partial charge in [0.1, 0.15) is 11.6 Å². The SMILES string of the molecule is O=C(Nc1cccc(-n2c(/C=C/c3ccc(F)cc3)nc3ccccc3c2=O)c1)c1ccccc1. The maximum atomic E-state index is 13.5. The van der Waals surface area contributed by atoms with Crippen molar-refractivity contribution in [3.05, 3.63) is 136 Å². The number of fused-ring (bicyclic) bond motifs is 1. The summed E-state index contributed by atoms with van der Waals surface area (Å²) in [5.41, 5.74) is 2.74. The highest BCUT2D eigenvalue weighted by Crippen LogP contribution is 2.19. The van der Waals surface area contributed by atoms with Crippen molar-refractivity contribution in [3.63, 3.8) is 0 Å². The molecular formula is C29H20FN3O2. The lowest BCUT2D eigenvalue weighted by molar-refractivity contribution is 0.102. The van der Waals surface area contributed by atoms with Crippen LogP contribution in [0.4, 0.5) is 10.1 Å². The van der Waals surface area contributed by atoms with Crippen LogP contribution in [-0.2, 0) is 0 Å². The van der Waals surface area contributed by atoms with E-state index < -0.39 is 0 Å². The fourth-order valence-corrected chi connectivity index (χ4v) is 3.77. The van der Waals surface area contributed by atoms with Crippen LogP contribution in [0.1, 0.15) is 21.7 Å². The van der Waals surface area contributed by atoms with Gasteiger partial charge in [0.05, 0.1) is 16.6 Å². The molecule has 4 aromatic carbocycles. The molecule has 6 heteroatoms. The van der Waals surface area contributed by atoms with Gasteiger partial charge in [-0.2, -0.15) is 0 Å². The first-order chi connectivity index (χ1) is 17.1. The van der Waals surface area contributed by atoms with E-state index in [9.17, 15) is 14.0 Å². The topological polar surface area (TPSA) is 64.0 Å². The number of carbonyl (C=O) groups is 1. The molecule has 1 heterocycles. The van der Waals surface area contributed by atoms with Crippen LogP contribution in [0.3, 0.4) is 0 Å². The van der Waals surface area contributed by atoms with Gasteiger partial charge in [0.2, 0.25) is 0 Å². The lowest BCUT2D eigenvalue weighted by atomic mass is 10.2. The smallest absolute Gasteiger partial charge is 0.266 e. The third kappa shape index (κ3) is 4.77. The van der Waals surface area contributed by atoms with Gasteiger partial charge < -0.3 is 5.32 Å². The third-order valence-electron chi connectivity index (χ3n) is 5.49. The van der Waals surface area contributed by atoms with Crippen LogP contribution >= 0.6 is 0 Å². The first-order valence-corrected chi connectivity index (χ1v) is 11.0. The molecule has 5 aromatic rings. The summed E-state index contributed by atoms with van der Waals surface area (Å²) in [4.78, 5) is 30.8. The fraction of sp³-hybridized carbons (Fsp3) is 0. The quantitative estimate of drug-likeness (QED) is 0.352. The lowest BCUT2D eigenvalue weighted by Crippen LogP contribution is -2.22. The Balaban J connectivity index is 1.58. The zero-order chi connectivity index (χ0) is 24.2. The number of nitrogens with zero attached hydrogens (tertiary/aromatic N) is 2. The Morgan fingerprint density at radius 3 is 2.37 bits per heavy atom. The van der Waals surface area contributed by atoms with Crippen molar-refractivity contribution in [3.8, 4) is 5.69 Å². The predicted octanol–water partition coefficient (Wildman–Crippen LogP) is 5.95. The molecule has 0 aliphatic rings. The fourth-order valence-electron chi connectivity index (χ4n) is 3.77. The number of nitrogens with one attached hydrogen (secondary N) is 1. The molecule has 0 saturated carbocycles. The zero-order valence-corrected chi connectivity index (χ0v) is 18.6. The van der Waals surface area contributed by atoms with E-state index in [4.69, 9.17) is 4.98 Å². The second-order valence-corrected chi connectivity index (χ2v) is 7.88. The van der Waals surface area contributed by atoms with Crippen LogP contribution in [0.2, 0.25) is 0 Å². The van der Waals surface area contributed by atoms with Gasteiger partial charge in [-0.25, -0.2) is 9.37 Å². The highest BCUT2D eigenvalue weighted by Gasteiger charge is 2.12. The van der Waals surface area contributed by atoms with E-state index in [0.717, 1.165) is 5.56 Å². The molecule has 1 aromatic heterocycles. The molecule has 1 amide bonds. The van der Waals surface area contributed by atoms with E-state index in [1.807, 2.05) is 12.1 Å². The monoisotopic (exact) mass is 461 g/mol. The van der Waals surface area contributed by atoms with Crippen molar-refractivity contribution < 1.29 is 9.18 Å². The van der Waals surface area contributed by atoms with Crippen molar-refractivity contribution in [2.75, 3.05) is 5.32 Å². The minimum Gasteiger partial charge on any atom is -0.322 e. The van der Waals surface area contributed by atoms with Gasteiger partial charge in [0.25, 0.3) is 11.5 Å². The molecule has 0 aliphatic heterocycles. The molecule has 35 heavy (non-hydrogen) atoms. The number of carbonyl (C=O) groups excluding carboxylic acids is 1. The second-order valence-electron chi connectivity index (χ2n) is 7.88. The van der Waals surface area contributed by atoms with E-state index in [-0.39, 0.29) is 17.3 Å². The second kappa shape index (κ2) is 9.57. The molecule has 1 N–H and O–H groups in total. The molecule has 0 unspecified atom stereocenters. The zero-order valence-electron chi connectivity index (χ0n) is 18.6. The molecule has 170 valence electrons. The van der Waals surface area contributed by atoms with E-state index in [1.165, 1.54) is 16.7 Å². The molecule has 5 rings (SSSR count). The summed E-state index contributed by atoms with van der Waals surface area (Å²) >= 11 is 0. The first kappa shape index (κ1) is 22.0. The first-order valence-electron chi connectivity index (χ1n) is 11.0. The number of anilines is 1. The Morgan fingerprint density at radius 1 is 0.829 bits per heavy atom. The van der Waals surface area contributed by atoms with Gasteiger partial charge in [-0.05, 0) is 66.2 Å². The number of para-hydroxylation sites is 1. The van der Waals surface area contributed by atoms with Crippen LogP contribution in [0, 0.1) is 5.82 Å². The van der Waals surface area contributed by atoms with Crippen LogP contribution in [0.5, 0.6) is 0 Å². The number of hydrogen-bond donors (Lipinski definition) is 1. The van der Waals surface area contributed by atoms with Crippen molar-refractivity contribution >= 4 is 34.6 Å². The Hall–Kier alpha value is -4.84. The summed E-state index contributed by atoms with van der Waals surface area (Å²) in [6, 6.07) is 29.1. The molecule has 0 saturated heterocycles. The van der Waals surface area contributed by atoms with Crippen LogP contribution < -0.4 is 10.9 Å². The highest BCUT2D eigenvalue weighted by molar-refractivity contribution is 6.04. The number of aromatic nitrogens is 2. The highest BCUT2D eigenvalue weighted by atomic mass is 19.1. The minimum absolute atomic E-state index is 0.235. The normalized spacial score (nSPS) is 11.1. The average molecular weight is 461 g/mol. The van der Waals surface area contributed by atoms with Crippen molar-refractivity contribution in [1.82, 2.24) is 9.55 Å². The minimum atomic E-state index is -0.322. The van der Waals surface area contributed by atoms with Crippen LogP contribution in [0.25, 0.3) is 28.7 Å². The third-order valence-corrected chi connectivity index (χ3v) is 5.49. The van der Waals surface area contributed by atoms with Crippen LogP contribution in [0.15, 0.2) is 108 Å². The molecule has 0 spiro atoms.